The van der Waals surface area contributed by atoms with Crippen molar-refractivity contribution in [3.63, 3.8) is 0 Å². The number of rotatable bonds is 3. The van der Waals surface area contributed by atoms with Crippen molar-refractivity contribution >= 4 is 11.8 Å². The van der Waals surface area contributed by atoms with E-state index in [0.717, 1.165) is 18.9 Å². The summed E-state index contributed by atoms with van der Waals surface area (Å²) < 4.78 is 4.89. The van der Waals surface area contributed by atoms with Gasteiger partial charge in [-0.3, -0.25) is 4.98 Å². The highest BCUT2D eigenvalue weighted by atomic mass is 16.5. The van der Waals surface area contributed by atoms with Crippen molar-refractivity contribution in [2.75, 3.05) is 24.6 Å². The minimum absolute atomic E-state index is 0.284. The van der Waals surface area contributed by atoms with Gasteiger partial charge in [0.15, 0.2) is 5.69 Å². The molecule has 1 saturated heterocycles. The van der Waals surface area contributed by atoms with E-state index in [9.17, 15) is 4.79 Å². The predicted octanol–water partition coefficient (Wildman–Crippen LogP) is 1.25. The Morgan fingerprint density at radius 1 is 1.44 bits per heavy atom. The van der Waals surface area contributed by atoms with Crippen molar-refractivity contribution in [3.8, 4) is 0 Å². The van der Waals surface area contributed by atoms with E-state index in [1.54, 1.807) is 13.1 Å². The highest BCUT2D eigenvalue weighted by molar-refractivity contribution is 5.87. The number of carbonyl (C=O) groups is 1. The second kappa shape index (κ2) is 4.92. The van der Waals surface area contributed by atoms with Gasteiger partial charge < -0.3 is 9.64 Å². The van der Waals surface area contributed by atoms with Crippen LogP contribution in [0.5, 0.6) is 0 Å². The predicted molar refractivity (Wildman–Crippen MR) is 59.4 cm³/mol. The molecular weight excluding hydrogens is 206 g/mol. The molecular formula is C11H15N3O2. The second-order valence-corrected chi connectivity index (χ2v) is 3.68. The van der Waals surface area contributed by atoms with Gasteiger partial charge in [-0.2, -0.15) is 0 Å². The Kier molecular flexibility index (Phi) is 3.34. The van der Waals surface area contributed by atoms with Crippen LogP contribution in [0.25, 0.3) is 0 Å². The minimum Gasteiger partial charge on any atom is -0.461 e. The Balaban J connectivity index is 2.15. The molecule has 1 aliphatic rings. The normalized spacial score (nSPS) is 15.2. The fraction of sp³-hybridized carbons (Fsp3) is 0.545. The van der Waals surface area contributed by atoms with E-state index >= 15 is 0 Å². The quantitative estimate of drug-likeness (QED) is 0.719. The van der Waals surface area contributed by atoms with E-state index in [-0.39, 0.29) is 5.69 Å². The number of esters is 1. The summed E-state index contributed by atoms with van der Waals surface area (Å²) in [6.07, 6.45) is 5.47. The van der Waals surface area contributed by atoms with Gasteiger partial charge in [-0.25, -0.2) is 9.78 Å². The van der Waals surface area contributed by atoms with Crippen LogP contribution in [0.4, 0.5) is 5.82 Å². The number of hydrogen-bond donors (Lipinski definition) is 0. The maximum atomic E-state index is 11.5. The maximum Gasteiger partial charge on any atom is 0.358 e. The second-order valence-electron chi connectivity index (χ2n) is 3.68. The van der Waals surface area contributed by atoms with Crippen LogP contribution in [-0.2, 0) is 4.74 Å². The molecule has 0 saturated carbocycles. The van der Waals surface area contributed by atoms with Crippen LogP contribution in [0, 0.1) is 0 Å². The van der Waals surface area contributed by atoms with Crippen LogP contribution in [0.1, 0.15) is 30.3 Å². The molecule has 2 rings (SSSR count). The largest absolute Gasteiger partial charge is 0.461 e. The van der Waals surface area contributed by atoms with Crippen molar-refractivity contribution in [2.45, 2.75) is 19.8 Å². The molecule has 0 radical (unpaired) electrons. The Labute approximate surface area is 94.5 Å². The van der Waals surface area contributed by atoms with Crippen LogP contribution in [0.3, 0.4) is 0 Å². The molecule has 0 N–H and O–H groups in total. The molecule has 0 amide bonds. The monoisotopic (exact) mass is 221 g/mol. The van der Waals surface area contributed by atoms with Crippen LogP contribution in [-0.4, -0.2) is 35.6 Å². The minimum atomic E-state index is -0.406. The van der Waals surface area contributed by atoms with Gasteiger partial charge in [0.2, 0.25) is 0 Å². The average Bonchev–Trinajstić information content (AvgIpc) is 2.83. The smallest absolute Gasteiger partial charge is 0.358 e. The lowest BCUT2D eigenvalue weighted by molar-refractivity contribution is 0.0519. The van der Waals surface area contributed by atoms with Crippen LogP contribution in [0.2, 0.25) is 0 Å². The third-order valence-electron chi connectivity index (χ3n) is 2.54. The summed E-state index contributed by atoms with van der Waals surface area (Å²) in [7, 11) is 0. The van der Waals surface area contributed by atoms with Gasteiger partial charge in [-0.15, -0.1) is 0 Å². The number of anilines is 1. The summed E-state index contributed by atoms with van der Waals surface area (Å²) in [5, 5.41) is 0. The summed E-state index contributed by atoms with van der Waals surface area (Å²) in [5.41, 5.74) is 0.284. The zero-order valence-corrected chi connectivity index (χ0v) is 9.35. The van der Waals surface area contributed by atoms with Crippen molar-refractivity contribution in [1.29, 1.82) is 0 Å². The third kappa shape index (κ3) is 2.29. The molecule has 16 heavy (non-hydrogen) atoms. The van der Waals surface area contributed by atoms with Crippen LogP contribution < -0.4 is 4.90 Å². The van der Waals surface area contributed by atoms with E-state index < -0.39 is 5.97 Å². The SMILES string of the molecule is CCOC(=O)c1cncc(N2CCCC2)n1. The average molecular weight is 221 g/mol. The molecule has 1 fully saturated rings. The van der Waals surface area contributed by atoms with E-state index in [0.29, 0.717) is 6.61 Å². The fourth-order valence-corrected chi connectivity index (χ4v) is 1.76. The molecule has 0 spiro atoms. The summed E-state index contributed by atoms with van der Waals surface area (Å²) in [4.78, 5) is 21.9. The molecule has 5 nitrogen and oxygen atoms in total. The van der Waals surface area contributed by atoms with Gasteiger partial charge in [0.25, 0.3) is 0 Å². The summed E-state index contributed by atoms with van der Waals surface area (Å²) in [5.74, 6) is 0.360. The fourth-order valence-electron chi connectivity index (χ4n) is 1.76. The van der Waals surface area contributed by atoms with E-state index in [1.165, 1.54) is 19.0 Å². The third-order valence-corrected chi connectivity index (χ3v) is 2.54. The van der Waals surface area contributed by atoms with Crippen molar-refractivity contribution in [3.05, 3.63) is 18.1 Å². The number of aromatic nitrogens is 2. The van der Waals surface area contributed by atoms with E-state index in [2.05, 4.69) is 14.9 Å². The summed E-state index contributed by atoms with van der Waals surface area (Å²) in [6, 6.07) is 0. The molecule has 0 aromatic carbocycles. The van der Waals surface area contributed by atoms with Gasteiger partial charge in [0.05, 0.1) is 19.0 Å². The molecule has 5 heteroatoms. The first kappa shape index (κ1) is 10.9. The van der Waals surface area contributed by atoms with Gasteiger partial charge in [-0.1, -0.05) is 0 Å². The van der Waals surface area contributed by atoms with E-state index in [4.69, 9.17) is 4.74 Å². The Morgan fingerprint density at radius 2 is 2.19 bits per heavy atom. The molecule has 86 valence electrons. The molecule has 1 aliphatic heterocycles. The molecule has 0 atom stereocenters. The highest BCUT2D eigenvalue weighted by Crippen LogP contribution is 2.16. The Bertz CT molecular complexity index is 375. The van der Waals surface area contributed by atoms with Gasteiger partial charge in [-0.05, 0) is 19.8 Å². The van der Waals surface area contributed by atoms with Crippen LogP contribution >= 0.6 is 0 Å². The molecule has 1 aromatic rings. The lowest BCUT2D eigenvalue weighted by Crippen LogP contribution is -2.20. The van der Waals surface area contributed by atoms with Crippen molar-refractivity contribution in [2.24, 2.45) is 0 Å². The highest BCUT2D eigenvalue weighted by Gasteiger charge is 2.16. The van der Waals surface area contributed by atoms with Gasteiger partial charge >= 0.3 is 5.97 Å². The first-order valence-corrected chi connectivity index (χ1v) is 5.55. The lowest BCUT2D eigenvalue weighted by Gasteiger charge is -2.15. The number of nitrogens with zero attached hydrogens (tertiary/aromatic N) is 3. The van der Waals surface area contributed by atoms with Gasteiger partial charge in [0.1, 0.15) is 5.82 Å². The summed E-state index contributed by atoms with van der Waals surface area (Å²) in [6.45, 7) is 4.10. The van der Waals surface area contributed by atoms with Crippen LogP contribution in [0.15, 0.2) is 12.4 Å². The van der Waals surface area contributed by atoms with Crippen molar-refractivity contribution in [1.82, 2.24) is 9.97 Å². The first-order chi connectivity index (χ1) is 7.81. The molecule has 0 bridgehead atoms. The Hall–Kier alpha value is -1.65. The number of carbonyl (C=O) groups excluding carboxylic acids is 1. The van der Waals surface area contributed by atoms with Crippen molar-refractivity contribution < 1.29 is 9.53 Å². The summed E-state index contributed by atoms with van der Waals surface area (Å²) >= 11 is 0. The molecule has 2 heterocycles. The zero-order valence-electron chi connectivity index (χ0n) is 9.35. The lowest BCUT2D eigenvalue weighted by atomic mass is 10.4. The molecule has 0 unspecified atom stereocenters. The first-order valence-electron chi connectivity index (χ1n) is 5.55. The maximum absolute atomic E-state index is 11.5. The Morgan fingerprint density at radius 3 is 2.88 bits per heavy atom. The van der Waals surface area contributed by atoms with Gasteiger partial charge in [0, 0.05) is 13.1 Å². The van der Waals surface area contributed by atoms with E-state index in [1.807, 2.05) is 0 Å². The standard InChI is InChI=1S/C11H15N3O2/c1-2-16-11(15)9-7-12-8-10(13-9)14-5-3-4-6-14/h7-8H,2-6H2,1H3. The number of hydrogen-bond acceptors (Lipinski definition) is 5. The molecule has 1 aromatic heterocycles. The zero-order chi connectivity index (χ0) is 11.4. The number of ether oxygens (including phenoxy) is 1. The topological polar surface area (TPSA) is 55.3 Å². The molecule has 0 aliphatic carbocycles.